The Morgan fingerprint density at radius 2 is 2.08 bits per heavy atom. The van der Waals surface area contributed by atoms with Crippen LogP contribution in [0.5, 0.6) is 0 Å². The highest BCUT2D eigenvalue weighted by Gasteiger charge is 2.20. The number of nitrogens with one attached hydrogen (secondary N) is 1. The van der Waals surface area contributed by atoms with Gasteiger partial charge in [0.2, 0.25) is 0 Å². The Kier molecular flexibility index (Phi) is 6.24. The number of urea groups is 1. The largest absolute Gasteiger partial charge is 0.334 e. The number of carbonyl (C=O) groups is 1. The van der Waals surface area contributed by atoms with Crippen LogP contribution in [0.25, 0.3) is 0 Å². The molecule has 1 aromatic rings. The van der Waals surface area contributed by atoms with Crippen LogP contribution in [0.2, 0.25) is 0 Å². The zero-order chi connectivity index (χ0) is 16.6. The number of piperazine rings is 1. The van der Waals surface area contributed by atoms with Gasteiger partial charge in [0.05, 0.1) is 0 Å². The molecule has 0 atom stereocenters. The van der Waals surface area contributed by atoms with Crippen LogP contribution in [0, 0.1) is 0 Å². The van der Waals surface area contributed by atoms with Gasteiger partial charge in [-0.2, -0.15) is 0 Å². The van der Waals surface area contributed by atoms with Gasteiger partial charge in [0.25, 0.3) is 0 Å². The third-order valence-corrected chi connectivity index (χ3v) is 4.96. The van der Waals surface area contributed by atoms with Gasteiger partial charge in [0.15, 0.2) is 0 Å². The molecule has 2 aliphatic rings. The van der Waals surface area contributed by atoms with Crippen molar-refractivity contribution in [1.82, 2.24) is 20.1 Å². The molecule has 3 rings (SSSR count). The summed E-state index contributed by atoms with van der Waals surface area (Å²) >= 11 is 0. The predicted molar refractivity (Wildman–Crippen MR) is 95.7 cm³/mol. The first-order valence-corrected chi connectivity index (χ1v) is 9.13. The Hall–Kier alpha value is -1.88. The van der Waals surface area contributed by atoms with Crippen LogP contribution in [-0.2, 0) is 6.54 Å². The molecule has 1 fully saturated rings. The number of hydrogen-bond donors (Lipinski definition) is 1. The molecule has 0 spiro atoms. The average molecular weight is 328 g/mol. The first-order valence-electron chi connectivity index (χ1n) is 9.13. The Bertz CT molecular complexity index is 550. The highest BCUT2D eigenvalue weighted by atomic mass is 16.2. The molecule has 0 saturated carbocycles. The Morgan fingerprint density at radius 3 is 2.79 bits per heavy atom. The zero-order valence-corrected chi connectivity index (χ0v) is 14.4. The summed E-state index contributed by atoms with van der Waals surface area (Å²) in [6.45, 7) is 5.27. The fraction of sp³-hybridized carbons (Fsp3) is 0.579. The third-order valence-electron chi connectivity index (χ3n) is 4.96. The fourth-order valence-corrected chi connectivity index (χ4v) is 3.40. The molecule has 5 heteroatoms. The van der Waals surface area contributed by atoms with Crippen LogP contribution >= 0.6 is 0 Å². The molecular weight excluding hydrogens is 300 g/mol. The van der Waals surface area contributed by atoms with Gasteiger partial charge in [0, 0.05) is 51.7 Å². The van der Waals surface area contributed by atoms with Gasteiger partial charge in [-0.1, -0.05) is 17.7 Å². The smallest absolute Gasteiger partial charge is 0.317 e. The van der Waals surface area contributed by atoms with Gasteiger partial charge < -0.3 is 10.2 Å². The van der Waals surface area contributed by atoms with E-state index in [0.717, 1.165) is 38.3 Å². The van der Waals surface area contributed by atoms with E-state index in [1.54, 1.807) is 18.0 Å². The number of allylic oxidation sites excluding steroid dienone is 1. The van der Waals surface area contributed by atoms with Crippen molar-refractivity contribution >= 4 is 6.03 Å². The fourth-order valence-electron chi connectivity index (χ4n) is 3.40. The second kappa shape index (κ2) is 8.83. The van der Waals surface area contributed by atoms with Gasteiger partial charge in [-0.3, -0.25) is 9.88 Å². The minimum atomic E-state index is 0.0356. The Labute approximate surface area is 144 Å². The highest BCUT2D eigenvalue weighted by molar-refractivity contribution is 5.74. The number of rotatable bonds is 5. The maximum absolute atomic E-state index is 12.3. The van der Waals surface area contributed by atoms with Crippen LogP contribution in [0.3, 0.4) is 0 Å². The maximum atomic E-state index is 12.3. The van der Waals surface area contributed by atoms with Crippen LogP contribution in [-0.4, -0.2) is 53.5 Å². The van der Waals surface area contributed by atoms with E-state index < -0.39 is 0 Å². The summed E-state index contributed by atoms with van der Waals surface area (Å²) in [4.78, 5) is 20.7. The van der Waals surface area contributed by atoms with Crippen molar-refractivity contribution in [2.45, 2.75) is 38.6 Å². The Balaban J connectivity index is 1.35. The minimum Gasteiger partial charge on any atom is -0.334 e. The predicted octanol–water partition coefficient (Wildman–Crippen LogP) is 2.80. The summed E-state index contributed by atoms with van der Waals surface area (Å²) in [5.41, 5.74) is 2.67. The molecule has 130 valence electrons. The van der Waals surface area contributed by atoms with Crippen molar-refractivity contribution in [1.29, 1.82) is 0 Å². The topological polar surface area (TPSA) is 48.5 Å². The van der Waals surface area contributed by atoms with Gasteiger partial charge in [-0.15, -0.1) is 0 Å². The number of nitrogens with zero attached hydrogens (tertiary/aromatic N) is 3. The SMILES string of the molecule is O=C(NCc1cccnc1)N1CCN(CCC2=CCCCC2)CC1. The van der Waals surface area contributed by atoms with E-state index in [4.69, 9.17) is 0 Å². The number of hydrogen-bond acceptors (Lipinski definition) is 3. The molecule has 0 aromatic carbocycles. The number of carbonyl (C=O) groups excluding carboxylic acids is 1. The summed E-state index contributed by atoms with van der Waals surface area (Å²) in [5.74, 6) is 0. The molecule has 1 aliphatic heterocycles. The third kappa shape index (κ3) is 5.06. The molecule has 1 saturated heterocycles. The lowest BCUT2D eigenvalue weighted by molar-refractivity contribution is 0.139. The van der Waals surface area contributed by atoms with E-state index in [1.165, 1.54) is 32.1 Å². The van der Waals surface area contributed by atoms with Gasteiger partial charge in [-0.25, -0.2) is 4.79 Å². The lowest BCUT2D eigenvalue weighted by Gasteiger charge is -2.35. The number of amides is 2. The second-order valence-corrected chi connectivity index (χ2v) is 6.71. The quantitative estimate of drug-likeness (QED) is 0.846. The van der Waals surface area contributed by atoms with Crippen molar-refractivity contribution in [2.75, 3.05) is 32.7 Å². The van der Waals surface area contributed by atoms with E-state index in [-0.39, 0.29) is 6.03 Å². The normalized spacial score (nSPS) is 19.0. The number of aromatic nitrogens is 1. The summed E-state index contributed by atoms with van der Waals surface area (Å²) in [6, 6.07) is 3.90. The van der Waals surface area contributed by atoms with Crippen LogP contribution in [0.4, 0.5) is 4.79 Å². The summed E-state index contributed by atoms with van der Waals surface area (Å²) in [5, 5.41) is 2.99. The molecule has 1 aliphatic carbocycles. The molecule has 2 heterocycles. The monoisotopic (exact) mass is 328 g/mol. The van der Waals surface area contributed by atoms with Crippen LogP contribution in [0.15, 0.2) is 36.2 Å². The number of pyridine rings is 1. The van der Waals surface area contributed by atoms with E-state index in [1.807, 2.05) is 17.0 Å². The van der Waals surface area contributed by atoms with Crippen molar-refractivity contribution in [2.24, 2.45) is 0 Å². The molecule has 0 radical (unpaired) electrons. The van der Waals surface area contributed by atoms with Gasteiger partial charge >= 0.3 is 6.03 Å². The van der Waals surface area contributed by atoms with Crippen LogP contribution < -0.4 is 5.32 Å². The molecule has 1 N–H and O–H groups in total. The van der Waals surface area contributed by atoms with Crippen LogP contribution in [0.1, 0.15) is 37.7 Å². The van der Waals surface area contributed by atoms with Crippen molar-refractivity contribution in [3.8, 4) is 0 Å². The molecule has 1 aromatic heterocycles. The zero-order valence-electron chi connectivity index (χ0n) is 14.4. The van der Waals surface area contributed by atoms with E-state index >= 15 is 0 Å². The van der Waals surface area contributed by atoms with Crippen molar-refractivity contribution in [3.63, 3.8) is 0 Å². The lowest BCUT2D eigenvalue weighted by Crippen LogP contribution is -2.51. The van der Waals surface area contributed by atoms with E-state index in [9.17, 15) is 4.79 Å². The molecule has 5 nitrogen and oxygen atoms in total. The summed E-state index contributed by atoms with van der Waals surface area (Å²) in [7, 11) is 0. The van der Waals surface area contributed by atoms with Gasteiger partial charge in [-0.05, 0) is 43.7 Å². The summed E-state index contributed by atoms with van der Waals surface area (Å²) < 4.78 is 0. The molecule has 24 heavy (non-hydrogen) atoms. The first kappa shape index (κ1) is 17.0. The minimum absolute atomic E-state index is 0.0356. The Morgan fingerprint density at radius 1 is 1.21 bits per heavy atom. The summed E-state index contributed by atoms with van der Waals surface area (Å²) in [6.07, 6.45) is 12.4. The van der Waals surface area contributed by atoms with Gasteiger partial charge in [0.1, 0.15) is 0 Å². The molecule has 0 bridgehead atoms. The lowest BCUT2D eigenvalue weighted by atomic mass is 9.97. The highest BCUT2D eigenvalue weighted by Crippen LogP contribution is 2.20. The first-order chi connectivity index (χ1) is 11.8. The standard InChI is InChI=1S/C19H28N4O/c24-19(21-16-18-7-4-9-20-15-18)23-13-11-22(12-14-23)10-8-17-5-2-1-3-6-17/h4-5,7,9,15H,1-3,6,8,10-14,16H2,(H,21,24). The van der Waals surface area contributed by atoms with E-state index in [2.05, 4.69) is 21.3 Å². The molecule has 2 amide bonds. The average Bonchev–Trinajstić information content (AvgIpc) is 2.66. The van der Waals surface area contributed by atoms with Crippen molar-refractivity contribution in [3.05, 3.63) is 41.7 Å². The van der Waals surface area contributed by atoms with Crippen molar-refractivity contribution < 1.29 is 4.79 Å². The molecular formula is C19H28N4O. The second-order valence-electron chi connectivity index (χ2n) is 6.71. The maximum Gasteiger partial charge on any atom is 0.317 e. The molecule has 0 unspecified atom stereocenters. The van der Waals surface area contributed by atoms with E-state index in [0.29, 0.717) is 6.54 Å².